The number of H-pyrrole nitrogens is 1. The Hall–Kier alpha value is -2.30. The molecule has 0 saturated carbocycles. The zero-order chi connectivity index (χ0) is 13.7. The molecule has 1 aromatic carbocycles. The maximum atomic E-state index is 12.4. The fourth-order valence-electron chi connectivity index (χ4n) is 1.94. The minimum absolute atomic E-state index is 0.0742. The Morgan fingerprint density at radius 2 is 2.11 bits per heavy atom. The van der Waals surface area contributed by atoms with Crippen LogP contribution in [0.1, 0.15) is 29.4 Å². The first kappa shape index (κ1) is 13.1. The zero-order valence-corrected chi connectivity index (χ0v) is 11.0. The molecule has 5 nitrogen and oxygen atoms in total. The van der Waals surface area contributed by atoms with Crippen LogP contribution in [-0.4, -0.2) is 27.5 Å². The molecule has 0 unspecified atom stereocenters. The van der Waals surface area contributed by atoms with Crippen LogP contribution in [0, 0.1) is 0 Å². The van der Waals surface area contributed by atoms with E-state index < -0.39 is 0 Å². The normalized spacial score (nSPS) is 10.4. The largest absolute Gasteiger partial charge is 0.382 e. The number of nitrogens with zero attached hydrogens (tertiary/aromatic N) is 2. The van der Waals surface area contributed by atoms with E-state index in [2.05, 4.69) is 10.2 Å². The van der Waals surface area contributed by atoms with Gasteiger partial charge in [-0.15, -0.1) is 0 Å². The highest BCUT2D eigenvalue weighted by Crippen LogP contribution is 2.10. The van der Waals surface area contributed by atoms with Crippen LogP contribution in [0.3, 0.4) is 0 Å². The lowest BCUT2D eigenvalue weighted by molar-refractivity contribution is 0.0737. The molecule has 0 aliphatic heterocycles. The van der Waals surface area contributed by atoms with Crippen molar-refractivity contribution in [2.24, 2.45) is 0 Å². The molecular formula is C14H18N4O. The van der Waals surface area contributed by atoms with Crippen LogP contribution in [0.4, 0.5) is 5.82 Å². The Balaban J connectivity index is 2.13. The molecule has 100 valence electrons. The van der Waals surface area contributed by atoms with Crippen molar-refractivity contribution in [1.82, 2.24) is 15.1 Å². The van der Waals surface area contributed by atoms with Gasteiger partial charge < -0.3 is 10.6 Å². The van der Waals surface area contributed by atoms with Crippen LogP contribution in [0.2, 0.25) is 0 Å². The van der Waals surface area contributed by atoms with E-state index in [1.54, 1.807) is 11.0 Å². The van der Waals surface area contributed by atoms with Gasteiger partial charge in [-0.05, 0) is 12.0 Å². The minimum atomic E-state index is -0.0742. The molecular weight excluding hydrogens is 240 g/mol. The summed E-state index contributed by atoms with van der Waals surface area (Å²) in [5.74, 6) is 0.259. The van der Waals surface area contributed by atoms with E-state index in [1.807, 2.05) is 37.3 Å². The Kier molecular flexibility index (Phi) is 4.18. The molecule has 2 rings (SSSR count). The van der Waals surface area contributed by atoms with E-state index in [4.69, 9.17) is 5.73 Å². The number of benzene rings is 1. The average Bonchev–Trinajstić information content (AvgIpc) is 2.85. The monoisotopic (exact) mass is 258 g/mol. The predicted molar refractivity (Wildman–Crippen MR) is 74.5 cm³/mol. The molecule has 0 bridgehead atoms. The van der Waals surface area contributed by atoms with Crippen molar-refractivity contribution in [3.05, 3.63) is 47.7 Å². The predicted octanol–water partition coefficient (Wildman–Crippen LogP) is 2.04. The molecule has 3 N–H and O–H groups in total. The van der Waals surface area contributed by atoms with Crippen molar-refractivity contribution in [3.8, 4) is 0 Å². The van der Waals surface area contributed by atoms with Crippen LogP contribution in [-0.2, 0) is 6.54 Å². The van der Waals surface area contributed by atoms with E-state index in [-0.39, 0.29) is 5.91 Å². The number of hydrogen-bond acceptors (Lipinski definition) is 3. The van der Waals surface area contributed by atoms with E-state index in [0.29, 0.717) is 24.6 Å². The lowest BCUT2D eigenvalue weighted by Crippen LogP contribution is -2.31. The highest BCUT2D eigenvalue weighted by atomic mass is 16.2. The molecule has 0 fully saturated rings. The maximum absolute atomic E-state index is 12.4. The molecule has 1 heterocycles. The highest BCUT2D eigenvalue weighted by Gasteiger charge is 2.17. The summed E-state index contributed by atoms with van der Waals surface area (Å²) in [7, 11) is 0. The molecule has 0 atom stereocenters. The van der Waals surface area contributed by atoms with E-state index in [1.165, 1.54) is 0 Å². The Labute approximate surface area is 112 Å². The summed E-state index contributed by atoms with van der Waals surface area (Å²) in [5.41, 5.74) is 7.07. The van der Waals surface area contributed by atoms with Gasteiger partial charge in [-0.2, -0.15) is 5.10 Å². The van der Waals surface area contributed by atoms with Crippen molar-refractivity contribution >= 4 is 11.7 Å². The van der Waals surface area contributed by atoms with Gasteiger partial charge in [0.2, 0.25) is 0 Å². The SMILES string of the molecule is CCCN(Cc1ccccc1)C(=O)c1cc(N)n[nH]1. The molecule has 0 radical (unpaired) electrons. The summed E-state index contributed by atoms with van der Waals surface area (Å²) in [6, 6.07) is 11.5. The highest BCUT2D eigenvalue weighted by molar-refractivity contribution is 5.92. The van der Waals surface area contributed by atoms with E-state index >= 15 is 0 Å². The van der Waals surface area contributed by atoms with Crippen molar-refractivity contribution in [1.29, 1.82) is 0 Å². The van der Waals surface area contributed by atoms with E-state index in [0.717, 1.165) is 12.0 Å². The molecule has 1 amide bonds. The van der Waals surface area contributed by atoms with Gasteiger partial charge in [0.1, 0.15) is 11.5 Å². The number of hydrogen-bond donors (Lipinski definition) is 2. The summed E-state index contributed by atoms with van der Waals surface area (Å²) in [6.45, 7) is 3.34. The number of nitrogens with two attached hydrogens (primary N) is 1. The van der Waals surface area contributed by atoms with Gasteiger partial charge in [-0.25, -0.2) is 0 Å². The molecule has 0 saturated heterocycles. The zero-order valence-electron chi connectivity index (χ0n) is 11.0. The molecule has 1 aromatic heterocycles. The summed E-state index contributed by atoms with van der Waals surface area (Å²) in [6.07, 6.45) is 0.905. The van der Waals surface area contributed by atoms with Gasteiger partial charge >= 0.3 is 0 Å². The number of aromatic nitrogens is 2. The summed E-state index contributed by atoms with van der Waals surface area (Å²) in [4.78, 5) is 14.1. The molecule has 0 aliphatic rings. The lowest BCUT2D eigenvalue weighted by atomic mass is 10.2. The van der Waals surface area contributed by atoms with Crippen LogP contribution in [0.15, 0.2) is 36.4 Å². The molecule has 5 heteroatoms. The van der Waals surface area contributed by atoms with Crippen molar-refractivity contribution in [2.45, 2.75) is 19.9 Å². The topological polar surface area (TPSA) is 75.0 Å². The molecule has 2 aromatic rings. The third kappa shape index (κ3) is 3.34. The fraction of sp³-hybridized carbons (Fsp3) is 0.286. The first-order valence-corrected chi connectivity index (χ1v) is 6.34. The van der Waals surface area contributed by atoms with E-state index in [9.17, 15) is 4.79 Å². The van der Waals surface area contributed by atoms with Crippen LogP contribution < -0.4 is 5.73 Å². The van der Waals surface area contributed by atoms with Crippen LogP contribution in [0.5, 0.6) is 0 Å². The average molecular weight is 258 g/mol. The Bertz CT molecular complexity index is 535. The summed E-state index contributed by atoms with van der Waals surface area (Å²) < 4.78 is 0. The van der Waals surface area contributed by atoms with Crippen LogP contribution >= 0.6 is 0 Å². The number of aromatic amines is 1. The second kappa shape index (κ2) is 6.04. The molecule has 0 spiro atoms. The number of nitrogen functional groups attached to an aromatic ring is 1. The van der Waals surface area contributed by atoms with Crippen molar-refractivity contribution in [3.63, 3.8) is 0 Å². The number of carbonyl (C=O) groups excluding carboxylic acids is 1. The number of rotatable bonds is 5. The van der Waals surface area contributed by atoms with Gasteiger partial charge in [-0.1, -0.05) is 37.3 Å². The number of carbonyl (C=O) groups is 1. The second-order valence-corrected chi connectivity index (χ2v) is 4.42. The smallest absolute Gasteiger partial charge is 0.272 e. The van der Waals surface area contributed by atoms with Crippen molar-refractivity contribution in [2.75, 3.05) is 12.3 Å². The first-order valence-electron chi connectivity index (χ1n) is 6.34. The van der Waals surface area contributed by atoms with Crippen molar-refractivity contribution < 1.29 is 4.79 Å². The number of anilines is 1. The number of amides is 1. The second-order valence-electron chi connectivity index (χ2n) is 4.42. The Morgan fingerprint density at radius 1 is 1.37 bits per heavy atom. The first-order chi connectivity index (χ1) is 9.20. The fourth-order valence-corrected chi connectivity index (χ4v) is 1.94. The third-order valence-corrected chi connectivity index (χ3v) is 2.83. The summed E-state index contributed by atoms with van der Waals surface area (Å²) in [5, 5.41) is 6.46. The van der Waals surface area contributed by atoms with Gasteiger partial charge in [0.05, 0.1) is 0 Å². The molecule has 0 aliphatic carbocycles. The van der Waals surface area contributed by atoms with Gasteiger partial charge in [-0.3, -0.25) is 9.89 Å². The van der Waals surface area contributed by atoms with Crippen LogP contribution in [0.25, 0.3) is 0 Å². The standard InChI is InChI=1S/C14H18N4O/c1-2-8-18(10-11-6-4-3-5-7-11)14(19)12-9-13(15)17-16-12/h3-7,9H,2,8,10H2,1H3,(H3,15,16,17). The van der Waals surface area contributed by atoms with Gasteiger partial charge in [0, 0.05) is 19.2 Å². The van der Waals surface area contributed by atoms with Gasteiger partial charge in [0.25, 0.3) is 5.91 Å². The third-order valence-electron chi connectivity index (χ3n) is 2.83. The van der Waals surface area contributed by atoms with Gasteiger partial charge in [0.15, 0.2) is 0 Å². The Morgan fingerprint density at radius 3 is 2.68 bits per heavy atom. The molecule has 19 heavy (non-hydrogen) atoms. The quantitative estimate of drug-likeness (QED) is 0.861. The summed E-state index contributed by atoms with van der Waals surface area (Å²) >= 11 is 0. The lowest BCUT2D eigenvalue weighted by Gasteiger charge is -2.21. The number of nitrogens with one attached hydrogen (secondary N) is 1. The maximum Gasteiger partial charge on any atom is 0.272 e. The minimum Gasteiger partial charge on any atom is -0.382 e.